The Morgan fingerprint density at radius 3 is 1.24 bits per heavy atom. The molecule has 0 aliphatic rings. The Hall–Kier alpha value is -9.59. The summed E-state index contributed by atoms with van der Waals surface area (Å²) in [5.41, 5.74) is 17.9. The summed E-state index contributed by atoms with van der Waals surface area (Å²) in [7, 11) is 0. The van der Waals surface area contributed by atoms with Crippen molar-refractivity contribution >= 4 is 43.9 Å². The zero-order valence-corrected chi connectivity index (χ0v) is 50.6. The molecule has 0 N–H and O–H groups in total. The van der Waals surface area contributed by atoms with Crippen molar-refractivity contribution in [2.45, 2.75) is 13.8 Å². The summed E-state index contributed by atoms with van der Waals surface area (Å²) in [5.74, 6) is 0. The van der Waals surface area contributed by atoms with Crippen molar-refractivity contribution in [2.75, 3.05) is 0 Å². The molecule has 0 spiro atoms. The zero-order valence-electron chi connectivity index (χ0n) is 45.8. The van der Waals surface area contributed by atoms with E-state index in [0.29, 0.717) is 0 Å². The Morgan fingerprint density at radius 2 is 0.774 bits per heavy atom. The first-order valence-corrected chi connectivity index (χ1v) is 26.8. The molecule has 0 atom stereocenters. The van der Waals surface area contributed by atoms with Gasteiger partial charge in [0, 0.05) is 67.4 Å². The van der Waals surface area contributed by atoms with E-state index in [9.17, 15) is 0 Å². The van der Waals surface area contributed by atoms with Crippen molar-refractivity contribution in [3.05, 3.63) is 321 Å². The van der Waals surface area contributed by atoms with E-state index in [1.54, 1.807) is 18.6 Å². The largest absolute Gasteiger partial charge is 3.00 e. The number of aromatic nitrogens is 5. The molecule has 84 heavy (non-hydrogen) atoms. The van der Waals surface area contributed by atoms with E-state index in [4.69, 9.17) is 8.83 Å². The molecule has 0 aliphatic heterocycles. The molecule has 0 saturated heterocycles. The Balaban J connectivity index is 0.000000127. The zero-order chi connectivity index (χ0) is 55.7. The molecule has 409 valence electrons. The van der Waals surface area contributed by atoms with Crippen molar-refractivity contribution in [1.82, 2.24) is 24.9 Å². The molecule has 7 heterocycles. The van der Waals surface area contributed by atoms with E-state index >= 15 is 0 Å². The van der Waals surface area contributed by atoms with Crippen molar-refractivity contribution < 1.29 is 49.0 Å². The number of para-hydroxylation sites is 2. The molecule has 0 amide bonds. The molecule has 7 nitrogen and oxygen atoms in total. The number of fused-ring (bicyclic) bond motifs is 6. The monoisotopic (exact) mass is 1440 g/mol. The van der Waals surface area contributed by atoms with Gasteiger partial charge in [0.15, 0.2) is 0 Å². The maximum atomic E-state index is 6.01. The number of nitrogens with zero attached hydrogens (tertiary/aromatic N) is 5. The molecule has 0 aliphatic carbocycles. The first kappa shape index (κ1) is 59.0. The van der Waals surface area contributed by atoms with Crippen LogP contribution in [-0.4, -0.2) is 24.9 Å². The first-order chi connectivity index (χ1) is 40.5. The molecule has 15 rings (SSSR count). The van der Waals surface area contributed by atoms with E-state index in [1.165, 1.54) is 22.3 Å². The van der Waals surface area contributed by atoms with Gasteiger partial charge in [-0.05, 0) is 89.8 Å². The second-order valence-corrected chi connectivity index (χ2v) is 18.8. The Bertz CT molecular complexity index is 4310. The molecule has 0 fully saturated rings. The molecule has 0 unspecified atom stereocenters. The fraction of sp³-hybridized carbons (Fsp3) is 0.0267. The van der Waals surface area contributed by atoms with Crippen LogP contribution in [0.4, 0.5) is 0 Å². The third-order valence-electron chi connectivity index (χ3n) is 13.3. The molecule has 9 heteroatoms. The maximum Gasteiger partial charge on any atom is 3.00 e. The minimum atomic E-state index is 0. The molecule has 1 radical (unpaired) electrons. The van der Waals surface area contributed by atoms with E-state index < -0.39 is 0 Å². The molecular weight excluding hydrogens is 1390 g/mol. The molecule has 15 aromatic rings. The van der Waals surface area contributed by atoms with Gasteiger partial charge in [0.25, 0.3) is 0 Å². The maximum absolute atomic E-state index is 6.01. The number of pyridine rings is 5. The molecular formula is C75H52Ir2N5O2-2. The van der Waals surface area contributed by atoms with Crippen LogP contribution in [0.3, 0.4) is 0 Å². The SMILES string of the molecule is Cc1cc(-c2[c-]cccc2)ncc1-c1ccccc1.Cc1ccnc(-c2[c-]ccc3c2oc2ccccc23)c1.[Ir+3].[Ir].[c-]1ccc2c(oc3ccccc32)c1-c1ccccn1.[c-]1ccccc1-c1ccccn1.[c-]1ccccc1-c1ccccn1. The number of hydrogen-bond donors (Lipinski definition) is 0. The second-order valence-electron chi connectivity index (χ2n) is 18.8. The second kappa shape index (κ2) is 29.4. The average Bonchev–Trinajstić information content (AvgIpc) is 4.26. The molecule has 8 aromatic carbocycles. The van der Waals surface area contributed by atoms with Gasteiger partial charge in [-0.3, -0.25) is 0 Å². The van der Waals surface area contributed by atoms with Gasteiger partial charge in [-0.15, -0.1) is 144 Å². The Kier molecular flexibility index (Phi) is 20.7. The predicted octanol–water partition coefficient (Wildman–Crippen LogP) is 18.8. The van der Waals surface area contributed by atoms with Crippen LogP contribution in [-0.2, 0) is 40.2 Å². The van der Waals surface area contributed by atoms with Gasteiger partial charge in [-0.2, -0.15) is 0 Å². The average molecular weight is 1440 g/mol. The van der Waals surface area contributed by atoms with Crippen LogP contribution in [0.2, 0.25) is 0 Å². The summed E-state index contributed by atoms with van der Waals surface area (Å²) >= 11 is 0. The predicted molar refractivity (Wildman–Crippen MR) is 332 cm³/mol. The minimum Gasteiger partial charge on any atom is -0.501 e. The van der Waals surface area contributed by atoms with Gasteiger partial charge in [0.05, 0.1) is 11.2 Å². The fourth-order valence-electron chi connectivity index (χ4n) is 9.27. The first-order valence-electron chi connectivity index (χ1n) is 26.8. The summed E-state index contributed by atoms with van der Waals surface area (Å²) in [6.07, 6.45) is 9.12. The number of rotatable bonds is 6. The number of aryl methyl sites for hydroxylation is 2. The quantitative estimate of drug-likeness (QED) is 0.153. The summed E-state index contributed by atoms with van der Waals surface area (Å²) < 4.78 is 12.0. The fourth-order valence-corrected chi connectivity index (χ4v) is 9.27. The van der Waals surface area contributed by atoms with Gasteiger partial charge in [-0.25, -0.2) is 0 Å². The van der Waals surface area contributed by atoms with Gasteiger partial charge in [0.2, 0.25) is 0 Å². The van der Waals surface area contributed by atoms with Gasteiger partial charge in [-0.1, -0.05) is 143 Å². The molecule has 7 aromatic heterocycles. The summed E-state index contributed by atoms with van der Waals surface area (Å²) in [4.78, 5) is 21.8. The summed E-state index contributed by atoms with van der Waals surface area (Å²) in [6, 6.07) is 97.7. The van der Waals surface area contributed by atoms with Crippen molar-refractivity contribution in [1.29, 1.82) is 0 Å². The number of hydrogen-bond acceptors (Lipinski definition) is 7. The van der Waals surface area contributed by atoms with Crippen LogP contribution in [0.1, 0.15) is 11.1 Å². The van der Waals surface area contributed by atoms with Gasteiger partial charge in [0.1, 0.15) is 11.2 Å². The topological polar surface area (TPSA) is 90.7 Å². The van der Waals surface area contributed by atoms with Crippen molar-refractivity contribution in [2.24, 2.45) is 0 Å². The Labute approximate surface area is 516 Å². The number of furan rings is 2. The van der Waals surface area contributed by atoms with E-state index in [2.05, 4.69) is 105 Å². The van der Waals surface area contributed by atoms with Crippen molar-refractivity contribution in [3.63, 3.8) is 0 Å². The van der Waals surface area contributed by atoms with Crippen LogP contribution in [0.15, 0.2) is 289 Å². The standard InChI is InChI=1S/C18H12NO.C18H14N.C17H10NO.2C11H8N.2Ir/c1-12-9-10-19-16(11-12)15-7-4-6-14-13-5-2-3-8-17(13)20-18(14)15;1-14-12-18(16-10-6-3-7-11-16)19-13-17(14)15-8-4-2-5-9-15;1-2-10-16-12(6-1)13-7-5-8-14(17(13)19-16)15-9-3-4-11-18-15;2*1-2-6-10(7-3-1)11-8-4-5-9-12-11;;/h2-6,8-11H,1H3;2-10,12-13H,1H3;1-7,9-11H;2*1-6,8-9H;;/q5*-1;;+3. The number of benzene rings is 8. The van der Waals surface area contributed by atoms with Crippen molar-refractivity contribution in [3.8, 4) is 67.4 Å². The van der Waals surface area contributed by atoms with Crippen LogP contribution < -0.4 is 0 Å². The third kappa shape index (κ3) is 14.5. The smallest absolute Gasteiger partial charge is 0.501 e. The normalized spacial score (nSPS) is 10.3. The van der Waals surface area contributed by atoms with Crippen LogP contribution in [0.5, 0.6) is 0 Å². The van der Waals surface area contributed by atoms with Crippen LogP contribution in [0, 0.1) is 44.2 Å². The third-order valence-corrected chi connectivity index (χ3v) is 13.3. The van der Waals surface area contributed by atoms with E-state index in [-0.39, 0.29) is 40.2 Å². The van der Waals surface area contributed by atoms with Crippen LogP contribution in [0.25, 0.3) is 111 Å². The summed E-state index contributed by atoms with van der Waals surface area (Å²) in [6.45, 7) is 4.18. The van der Waals surface area contributed by atoms with E-state index in [0.717, 1.165) is 100 Å². The van der Waals surface area contributed by atoms with Gasteiger partial charge >= 0.3 is 20.1 Å². The molecule has 0 saturated carbocycles. The minimum absolute atomic E-state index is 0. The summed E-state index contributed by atoms with van der Waals surface area (Å²) in [5, 5.41) is 4.47. The van der Waals surface area contributed by atoms with Crippen LogP contribution >= 0.6 is 0 Å². The molecule has 0 bridgehead atoms. The van der Waals surface area contributed by atoms with E-state index in [1.807, 2.05) is 225 Å². The van der Waals surface area contributed by atoms with Gasteiger partial charge < -0.3 is 33.8 Å². The Morgan fingerprint density at radius 1 is 0.333 bits per heavy atom.